The third kappa shape index (κ3) is 2.48. The van der Waals surface area contributed by atoms with Gasteiger partial charge in [-0.1, -0.05) is 37.3 Å². The van der Waals surface area contributed by atoms with Gasteiger partial charge < -0.3 is 4.74 Å². The fourth-order valence-electron chi connectivity index (χ4n) is 1.81. The first kappa shape index (κ1) is 12.6. The van der Waals surface area contributed by atoms with Crippen molar-refractivity contribution in [3.63, 3.8) is 0 Å². The molecule has 96 valence electrons. The van der Waals surface area contributed by atoms with Crippen LogP contribution in [-0.4, -0.2) is 9.36 Å². The van der Waals surface area contributed by atoms with Crippen LogP contribution >= 0.6 is 27.5 Å². The van der Waals surface area contributed by atoms with Gasteiger partial charge in [0.15, 0.2) is 0 Å². The van der Waals surface area contributed by atoms with Gasteiger partial charge in [-0.05, 0) is 32.8 Å². The number of ether oxygens (including phenoxy) is 1. The highest BCUT2D eigenvalue weighted by molar-refractivity contribution is 9.10. The van der Waals surface area contributed by atoms with Gasteiger partial charge in [0, 0.05) is 18.0 Å². The molecule has 0 saturated carbocycles. The smallest absolute Gasteiger partial charge is 0.298 e. The van der Waals surface area contributed by atoms with E-state index in [0.29, 0.717) is 5.19 Å². The lowest BCUT2D eigenvalue weighted by Crippen LogP contribution is -1.87. The Balaban J connectivity index is 1.98. The monoisotopic (exact) mass is 334 g/mol. The number of nitrogens with zero attached hydrogens (tertiary/aromatic N) is 2. The molecule has 1 aromatic heterocycles. The van der Waals surface area contributed by atoms with E-state index in [9.17, 15) is 0 Å². The first-order valence-corrected chi connectivity index (χ1v) is 7.52. The lowest BCUT2D eigenvalue weighted by Gasteiger charge is -2.07. The van der Waals surface area contributed by atoms with Crippen LogP contribution in [0.1, 0.15) is 12.7 Å². The van der Waals surface area contributed by atoms with Crippen LogP contribution in [0.2, 0.25) is 0 Å². The molecule has 0 aliphatic carbocycles. The van der Waals surface area contributed by atoms with E-state index < -0.39 is 0 Å². The van der Waals surface area contributed by atoms with Crippen molar-refractivity contribution in [2.45, 2.75) is 13.3 Å². The second-order valence-electron chi connectivity index (χ2n) is 4.03. The van der Waals surface area contributed by atoms with Crippen molar-refractivity contribution >= 4 is 38.2 Å². The molecule has 0 aliphatic heterocycles. The van der Waals surface area contributed by atoms with Gasteiger partial charge in [-0.25, -0.2) is 0 Å². The average molecular weight is 335 g/mol. The Morgan fingerprint density at radius 1 is 1.21 bits per heavy atom. The number of aromatic nitrogens is 2. The largest absolute Gasteiger partial charge is 0.429 e. The van der Waals surface area contributed by atoms with E-state index in [-0.39, 0.29) is 0 Å². The van der Waals surface area contributed by atoms with Crippen LogP contribution in [-0.2, 0) is 6.42 Å². The Kier molecular flexibility index (Phi) is 3.48. The maximum absolute atomic E-state index is 5.80. The van der Waals surface area contributed by atoms with Gasteiger partial charge in [0.1, 0.15) is 11.6 Å². The van der Waals surface area contributed by atoms with Crippen molar-refractivity contribution in [3.05, 3.63) is 46.7 Å². The topological polar surface area (TPSA) is 35.0 Å². The molecule has 0 fully saturated rings. The number of hydrogen-bond acceptors (Lipinski definition) is 4. The summed E-state index contributed by atoms with van der Waals surface area (Å²) in [5, 5.41) is 2.88. The van der Waals surface area contributed by atoms with E-state index in [2.05, 4.69) is 37.4 Å². The van der Waals surface area contributed by atoms with Crippen LogP contribution in [0.4, 0.5) is 0 Å². The number of hydrogen-bond donors (Lipinski definition) is 0. The highest BCUT2D eigenvalue weighted by atomic mass is 79.9. The fraction of sp³-hybridized carbons (Fsp3) is 0.143. The third-order valence-electron chi connectivity index (χ3n) is 2.79. The fourth-order valence-corrected chi connectivity index (χ4v) is 3.01. The van der Waals surface area contributed by atoms with Crippen molar-refractivity contribution in [2.75, 3.05) is 0 Å². The van der Waals surface area contributed by atoms with E-state index in [1.807, 2.05) is 31.2 Å². The van der Waals surface area contributed by atoms with Crippen molar-refractivity contribution in [1.29, 1.82) is 0 Å². The molecular weight excluding hydrogens is 324 g/mol. The Bertz CT molecular complexity index is 726. The summed E-state index contributed by atoms with van der Waals surface area (Å²) in [4.78, 5) is 4.31. The molecular formula is C14H11BrN2OS. The molecule has 5 heteroatoms. The van der Waals surface area contributed by atoms with E-state index in [4.69, 9.17) is 4.74 Å². The number of aryl methyl sites for hydroxylation is 1. The molecule has 0 unspecified atom stereocenters. The van der Waals surface area contributed by atoms with E-state index >= 15 is 0 Å². The number of halogens is 1. The Morgan fingerprint density at radius 2 is 2.05 bits per heavy atom. The third-order valence-corrected chi connectivity index (χ3v) is 4.24. The van der Waals surface area contributed by atoms with Gasteiger partial charge in [-0.15, -0.1) is 0 Å². The minimum atomic E-state index is 0.577. The van der Waals surface area contributed by atoms with E-state index in [0.717, 1.165) is 27.9 Å². The van der Waals surface area contributed by atoms with Gasteiger partial charge >= 0.3 is 0 Å². The summed E-state index contributed by atoms with van der Waals surface area (Å²) in [6.07, 6.45) is 0.818. The SMILES string of the molecule is CCc1nsc(Oc2ccc3ccccc3c2Br)n1. The van der Waals surface area contributed by atoms with Crippen molar-refractivity contribution in [1.82, 2.24) is 9.36 Å². The van der Waals surface area contributed by atoms with Crippen LogP contribution in [0.25, 0.3) is 10.8 Å². The molecule has 0 spiro atoms. The summed E-state index contributed by atoms with van der Waals surface area (Å²) in [6, 6.07) is 12.1. The average Bonchev–Trinajstić information content (AvgIpc) is 2.90. The van der Waals surface area contributed by atoms with Crippen LogP contribution in [0.15, 0.2) is 40.9 Å². The number of rotatable bonds is 3. The summed E-state index contributed by atoms with van der Waals surface area (Å²) in [7, 11) is 0. The summed E-state index contributed by atoms with van der Waals surface area (Å²) < 4.78 is 11.0. The predicted octanol–water partition coefficient (Wildman–Crippen LogP) is 4.81. The molecule has 0 aliphatic rings. The molecule has 19 heavy (non-hydrogen) atoms. The lowest BCUT2D eigenvalue weighted by molar-refractivity contribution is 0.475. The summed E-state index contributed by atoms with van der Waals surface area (Å²) in [6.45, 7) is 2.03. The van der Waals surface area contributed by atoms with E-state index in [1.165, 1.54) is 16.9 Å². The molecule has 0 atom stereocenters. The van der Waals surface area contributed by atoms with Gasteiger partial charge in [0.25, 0.3) is 5.19 Å². The van der Waals surface area contributed by atoms with E-state index in [1.54, 1.807) is 0 Å². The van der Waals surface area contributed by atoms with Gasteiger partial charge in [-0.3, -0.25) is 0 Å². The second-order valence-corrected chi connectivity index (χ2v) is 5.54. The highest BCUT2D eigenvalue weighted by Crippen LogP contribution is 2.36. The van der Waals surface area contributed by atoms with Gasteiger partial charge in [0.05, 0.1) is 4.47 Å². The molecule has 1 heterocycles. The Labute approximate surface area is 123 Å². The first-order valence-electron chi connectivity index (χ1n) is 5.95. The quantitative estimate of drug-likeness (QED) is 0.689. The minimum Gasteiger partial charge on any atom is -0.429 e. The van der Waals surface area contributed by atoms with Gasteiger partial charge in [0.2, 0.25) is 0 Å². The molecule has 0 bridgehead atoms. The van der Waals surface area contributed by atoms with Crippen LogP contribution in [0.5, 0.6) is 10.9 Å². The predicted molar refractivity (Wildman–Crippen MR) is 81.0 cm³/mol. The minimum absolute atomic E-state index is 0.577. The molecule has 0 radical (unpaired) electrons. The molecule has 0 saturated heterocycles. The second kappa shape index (κ2) is 5.27. The Morgan fingerprint density at radius 3 is 2.84 bits per heavy atom. The zero-order chi connectivity index (χ0) is 13.2. The molecule has 3 rings (SSSR count). The van der Waals surface area contributed by atoms with Gasteiger partial charge in [-0.2, -0.15) is 9.36 Å². The maximum Gasteiger partial charge on any atom is 0.298 e. The van der Waals surface area contributed by atoms with Crippen molar-refractivity contribution in [3.8, 4) is 10.9 Å². The molecule has 0 N–H and O–H groups in total. The molecule has 2 aromatic carbocycles. The number of benzene rings is 2. The zero-order valence-electron chi connectivity index (χ0n) is 10.3. The van der Waals surface area contributed by atoms with Crippen LogP contribution in [0.3, 0.4) is 0 Å². The Hall–Kier alpha value is -1.46. The summed E-state index contributed by atoms with van der Waals surface area (Å²) >= 11 is 4.87. The first-order chi connectivity index (χ1) is 9.28. The molecule has 3 nitrogen and oxygen atoms in total. The maximum atomic E-state index is 5.80. The van der Waals surface area contributed by atoms with Crippen molar-refractivity contribution < 1.29 is 4.74 Å². The summed E-state index contributed by atoms with van der Waals surface area (Å²) in [5.74, 6) is 1.58. The molecule has 3 aromatic rings. The normalized spacial score (nSPS) is 10.8. The van der Waals surface area contributed by atoms with Crippen LogP contribution in [0, 0.1) is 0 Å². The van der Waals surface area contributed by atoms with Crippen LogP contribution < -0.4 is 4.74 Å². The number of fused-ring (bicyclic) bond motifs is 1. The summed E-state index contributed by atoms with van der Waals surface area (Å²) in [5.41, 5.74) is 0. The zero-order valence-corrected chi connectivity index (χ0v) is 12.7. The lowest BCUT2D eigenvalue weighted by atomic mass is 10.1. The molecule has 0 amide bonds. The highest BCUT2D eigenvalue weighted by Gasteiger charge is 2.10. The van der Waals surface area contributed by atoms with Crippen molar-refractivity contribution in [2.24, 2.45) is 0 Å². The standard InChI is InChI=1S/C14H11BrN2OS/c1-2-12-16-14(19-17-12)18-11-8-7-9-5-3-4-6-10(9)13(11)15/h3-8H,2H2,1H3.